The van der Waals surface area contributed by atoms with Crippen molar-refractivity contribution in [3.8, 4) is 0 Å². The average molecular weight is 363 g/mol. The van der Waals surface area contributed by atoms with Crippen molar-refractivity contribution in [3.63, 3.8) is 0 Å². The summed E-state index contributed by atoms with van der Waals surface area (Å²) in [5, 5.41) is 9.19. The molecule has 1 saturated heterocycles. The van der Waals surface area contributed by atoms with E-state index in [0.29, 0.717) is 12.3 Å². The SMILES string of the molecule is CSCc1nc2ccccc2n1CC(=O)N1CC(C(=O)O)O[C@H](C)C1. The molecule has 3 rings (SSSR count). The summed E-state index contributed by atoms with van der Waals surface area (Å²) in [6.45, 7) is 2.40. The molecule has 1 N–H and O–H groups in total. The van der Waals surface area contributed by atoms with Gasteiger partial charge < -0.3 is 19.3 Å². The Kier molecular flexibility index (Phi) is 5.29. The van der Waals surface area contributed by atoms with Crippen molar-refractivity contribution in [2.24, 2.45) is 0 Å². The van der Waals surface area contributed by atoms with Gasteiger partial charge in [0.05, 0.1) is 29.4 Å². The van der Waals surface area contributed by atoms with E-state index in [1.165, 1.54) is 0 Å². The molecule has 0 saturated carbocycles. The van der Waals surface area contributed by atoms with Crippen LogP contribution in [0.2, 0.25) is 0 Å². The van der Waals surface area contributed by atoms with E-state index >= 15 is 0 Å². The highest BCUT2D eigenvalue weighted by Crippen LogP contribution is 2.20. The predicted octanol–water partition coefficient (Wildman–Crippen LogP) is 1.60. The Morgan fingerprint density at radius 2 is 2.12 bits per heavy atom. The number of carbonyl (C=O) groups excluding carboxylic acids is 1. The summed E-state index contributed by atoms with van der Waals surface area (Å²) in [6.07, 6.45) is 0.717. The molecule has 2 heterocycles. The average Bonchev–Trinajstić information content (AvgIpc) is 2.92. The highest BCUT2D eigenvalue weighted by Gasteiger charge is 2.32. The number of morpholine rings is 1. The molecule has 7 nitrogen and oxygen atoms in total. The van der Waals surface area contributed by atoms with Gasteiger partial charge in [-0.25, -0.2) is 9.78 Å². The van der Waals surface area contributed by atoms with Gasteiger partial charge in [0.1, 0.15) is 12.4 Å². The number of nitrogens with zero attached hydrogens (tertiary/aromatic N) is 3. The molecule has 0 aliphatic carbocycles. The van der Waals surface area contributed by atoms with Crippen LogP contribution < -0.4 is 0 Å². The van der Waals surface area contributed by atoms with E-state index in [4.69, 9.17) is 4.74 Å². The number of imidazole rings is 1. The van der Waals surface area contributed by atoms with Crippen LogP contribution in [0.5, 0.6) is 0 Å². The van der Waals surface area contributed by atoms with Gasteiger partial charge in [-0.3, -0.25) is 4.79 Å². The van der Waals surface area contributed by atoms with Crippen LogP contribution in [0.3, 0.4) is 0 Å². The molecule has 0 spiro atoms. The summed E-state index contributed by atoms with van der Waals surface area (Å²) in [4.78, 5) is 30.2. The first-order valence-electron chi connectivity index (χ1n) is 8.08. The Morgan fingerprint density at radius 1 is 1.36 bits per heavy atom. The number of aliphatic carboxylic acids is 1. The minimum atomic E-state index is -1.04. The first kappa shape index (κ1) is 17.8. The Balaban J connectivity index is 1.84. The van der Waals surface area contributed by atoms with Gasteiger partial charge >= 0.3 is 5.97 Å². The van der Waals surface area contributed by atoms with E-state index < -0.39 is 12.1 Å². The van der Waals surface area contributed by atoms with Crippen molar-refractivity contribution in [1.82, 2.24) is 14.5 Å². The van der Waals surface area contributed by atoms with Crippen molar-refractivity contribution in [1.29, 1.82) is 0 Å². The largest absolute Gasteiger partial charge is 0.479 e. The lowest BCUT2D eigenvalue weighted by Crippen LogP contribution is -2.52. The Morgan fingerprint density at radius 3 is 2.84 bits per heavy atom. The number of carboxylic acids is 1. The van der Waals surface area contributed by atoms with Gasteiger partial charge in [-0.2, -0.15) is 11.8 Å². The Hall–Kier alpha value is -2.06. The third-order valence-corrected chi connectivity index (χ3v) is 4.74. The standard InChI is InChI=1S/C17H21N3O4S/c1-11-7-19(8-14(24-11)17(22)23)16(21)9-20-13-6-4-3-5-12(13)18-15(20)10-25-2/h3-6,11,14H,7-10H2,1-2H3,(H,22,23)/t11-,14?/m1/s1. The van der Waals surface area contributed by atoms with E-state index in [-0.39, 0.29) is 25.1 Å². The molecule has 0 radical (unpaired) electrons. The molecule has 25 heavy (non-hydrogen) atoms. The van der Waals surface area contributed by atoms with Crippen LogP contribution in [-0.2, 0) is 26.6 Å². The molecule has 2 aromatic rings. The van der Waals surface area contributed by atoms with Gasteiger partial charge in [0.15, 0.2) is 6.10 Å². The lowest BCUT2D eigenvalue weighted by atomic mass is 10.2. The molecule has 1 aliphatic rings. The number of hydrogen-bond acceptors (Lipinski definition) is 5. The first-order valence-corrected chi connectivity index (χ1v) is 9.48. The highest BCUT2D eigenvalue weighted by atomic mass is 32.2. The van der Waals surface area contributed by atoms with Crippen molar-refractivity contribution >= 4 is 34.7 Å². The van der Waals surface area contributed by atoms with Crippen LogP contribution in [0, 0.1) is 0 Å². The normalized spacial score (nSPS) is 20.8. The fourth-order valence-electron chi connectivity index (χ4n) is 3.07. The fourth-order valence-corrected chi connectivity index (χ4v) is 3.55. The molecule has 8 heteroatoms. The topological polar surface area (TPSA) is 84.7 Å². The quantitative estimate of drug-likeness (QED) is 0.869. The smallest absolute Gasteiger partial charge is 0.334 e. The summed E-state index contributed by atoms with van der Waals surface area (Å²) in [5.74, 6) is 0.393. The van der Waals surface area contributed by atoms with Crippen LogP contribution >= 0.6 is 11.8 Å². The van der Waals surface area contributed by atoms with E-state index in [1.54, 1.807) is 23.6 Å². The van der Waals surface area contributed by atoms with Crippen LogP contribution in [-0.4, -0.2) is 63.0 Å². The maximum atomic E-state index is 12.8. The fraction of sp³-hybridized carbons (Fsp3) is 0.471. The number of para-hydroxylation sites is 2. The van der Waals surface area contributed by atoms with Crippen molar-refractivity contribution in [2.45, 2.75) is 31.4 Å². The molecule has 1 amide bonds. The molecule has 1 aromatic heterocycles. The Bertz CT molecular complexity index is 791. The van der Waals surface area contributed by atoms with Crippen LogP contribution in [0.25, 0.3) is 11.0 Å². The molecule has 1 aliphatic heterocycles. The number of carboxylic acid groups (broad SMARTS) is 1. The molecule has 1 fully saturated rings. The molecule has 1 aromatic carbocycles. The molecule has 1 unspecified atom stereocenters. The number of aromatic nitrogens is 2. The van der Waals surface area contributed by atoms with Gasteiger partial charge in [-0.1, -0.05) is 12.1 Å². The zero-order chi connectivity index (χ0) is 18.0. The summed E-state index contributed by atoms with van der Waals surface area (Å²) >= 11 is 1.65. The lowest BCUT2D eigenvalue weighted by Gasteiger charge is -2.35. The summed E-state index contributed by atoms with van der Waals surface area (Å²) in [7, 11) is 0. The van der Waals surface area contributed by atoms with Gasteiger partial charge in [-0.15, -0.1) is 0 Å². The number of thioether (sulfide) groups is 1. The monoisotopic (exact) mass is 363 g/mol. The summed E-state index contributed by atoms with van der Waals surface area (Å²) < 4.78 is 7.30. The van der Waals surface area contributed by atoms with Crippen LogP contribution in [0.15, 0.2) is 24.3 Å². The minimum absolute atomic E-state index is 0.0724. The number of benzene rings is 1. The maximum Gasteiger partial charge on any atom is 0.334 e. The molecule has 0 bridgehead atoms. The summed E-state index contributed by atoms with van der Waals surface area (Å²) in [5.41, 5.74) is 1.77. The van der Waals surface area contributed by atoms with E-state index in [2.05, 4.69) is 4.98 Å². The maximum absolute atomic E-state index is 12.8. The predicted molar refractivity (Wildman–Crippen MR) is 95.5 cm³/mol. The van der Waals surface area contributed by atoms with Crippen LogP contribution in [0.4, 0.5) is 0 Å². The summed E-state index contributed by atoms with van der Waals surface area (Å²) in [6, 6.07) is 7.72. The van der Waals surface area contributed by atoms with E-state index in [0.717, 1.165) is 16.9 Å². The second kappa shape index (κ2) is 7.45. The van der Waals surface area contributed by atoms with E-state index in [9.17, 15) is 14.7 Å². The third-order valence-electron chi connectivity index (χ3n) is 4.19. The molecule has 134 valence electrons. The molecular formula is C17H21N3O4S. The van der Waals surface area contributed by atoms with Gasteiger partial charge in [0, 0.05) is 6.54 Å². The minimum Gasteiger partial charge on any atom is -0.479 e. The Labute approximate surface area is 150 Å². The first-order chi connectivity index (χ1) is 12.0. The van der Waals surface area contributed by atoms with Crippen molar-refractivity contribution in [3.05, 3.63) is 30.1 Å². The molecular weight excluding hydrogens is 342 g/mol. The van der Waals surface area contributed by atoms with Gasteiger partial charge in [-0.05, 0) is 25.3 Å². The lowest BCUT2D eigenvalue weighted by molar-refractivity contribution is -0.166. The number of carbonyl (C=O) groups is 2. The zero-order valence-corrected chi connectivity index (χ0v) is 15.0. The number of rotatable bonds is 5. The second-order valence-electron chi connectivity index (χ2n) is 6.11. The van der Waals surface area contributed by atoms with Gasteiger partial charge in [0.2, 0.25) is 5.91 Å². The number of ether oxygens (including phenoxy) is 1. The van der Waals surface area contributed by atoms with Crippen molar-refractivity contribution < 1.29 is 19.4 Å². The number of hydrogen-bond donors (Lipinski definition) is 1. The van der Waals surface area contributed by atoms with Crippen LogP contribution in [0.1, 0.15) is 12.7 Å². The zero-order valence-electron chi connectivity index (χ0n) is 14.2. The number of amides is 1. The van der Waals surface area contributed by atoms with Gasteiger partial charge in [0.25, 0.3) is 0 Å². The number of fused-ring (bicyclic) bond motifs is 1. The second-order valence-corrected chi connectivity index (χ2v) is 6.97. The van der Waals surface area contributed by atoms with E-state index in [1.807, 2.05) is 35.1 Å². The third kappa shape index (κ3) is 3.80. The highest BCUT2D eigenvalue weighted by molar-refractivity contribution is 7.97. The molecule has 2 atom stereocenters. The van der Waals surface area contributed by atoms with Crippen molar-refractivity contribution in [2.75, 3.05) is 19.3 Å².